The molecule has 4 aromatic rings. The Morgan fingerprint density at radius 2 is 1.86 bits per heavy atom. The van der Waals surface area contributed by atoms with Crippen molar-refractivity contribution >= 4 is 17.3 Å². The third-order valence-electron chi connectivity index (χ3n) is 7.03. The molecule has 192 valence electrons. The van der Waals surface area contributed by atoms with Crippen LogP contribution in [-0.2, 0) is 4.74 Å². The number of ether oxygens (including phenoxy) is 1. The Hall–Kier alpha value is -3.97. The standard InChI is InChI=1S/C24H26FN9O3/c25-23-20(12-29-30-23)34(24(35)19-14-37-15-28-19)21-13-33(31-22(21)18-11-26-5-6-27-18)17-3-1-16(2-4-17)32-7-9-36-10-8-32/h5-6,11-17H,1-4,7-10H2,(H,29,30). The highest BCUT2D eigenvalue weighted by Gasteiger charge is 2.33. The van der Waals surface area contributed by atoms with Gasteiger partial charge in [-0.05, 0) is 25.7 Å². The molecule has 1 saturated heterocycles. The minimum Gasteiger partial charge on any atom is -0.451 e. The van der Waals surface area contributed by atoms with E-state index in [1.165, 1.54) is 17.4 Å². The minimum absolute atomic E-state index is 0.0180. The summed E-state index contributed by atoms with van der Waals surface area (Å²) in [5, 5.41) is 10.9. The van der Waals surface area contributed by atoms with Crippen molar-refractivity contribution in [1.29, 1.82) is 0 Å². The van der Waals surface area contributed by atoms with Crippen molar-refractivity contribution in [1.82, 2.24) is 39.8 Å². The number of H-pyrrole nitrogens is 1. The second-order valence-corrected chi connectivity index (χ2v) is 9.13. The molecule has 5 heterocycles. The summed E-state index contributed by atoms with van der Waals surface area (Å²) in [6.45, 7) is 3.49. The van der Waals surface area contributed by atoms with Crippen molar-refractivity contribution in [3.8, 4) is 11.4 Å². The Morgan fingerprint density at radius 1 is 1.05 bits per heavy atom. The number of aromatic amines is 1. The molecule has 0 unspecified atom stereocenters. The van der Waals surface area contributed by atoms with E-state index < -0.39 is 11.9 Å². The molecule has 0 radical (unpaired) electrons. The number of morpholine rings is 1. The molecule has 0 aromatic carbocycles. The van der Waals surface area contributed by atoms with E-state index in [1.807, 2.05) is 4.68 Å². The van der Waals surface area contributed by atoms with E-state index in [1.54, 1.807) is 24.8 Å². The molecule has 37 heavy (non-hydrogen) atoms. The third kappa shape index (κ3) is 4.62. The lowest BCUT2D eigenvalue weighted by Crippen LogP contribution is -2.45. The van der Waals surface area contributed by atoms with Gasteiger partial charge in [0.2, 0.25) is 5.95 Å². The van der Waals surface area contributed by atoms with Gasteiger partial charge in [0.15, 0.2) is 12.1 Å². The average molecular weight is 508 g/mol. The monoisotopic (exact) mass is 507 g/mol. The summed E-state index contributed by atoms with van der Waals surface area (Å²) in [6.07, 6.45) is 14.0. The predicted molar refractivity (Wildman–Crippen MR) is 128 cm³/mol. The van der Waals surface area contributed by atoms with Gasteiger partial charge in [-0.15, -0.1) is 0 Å². The maximum absolute atomic E-state index is 14.8. The molecule has 13 heteroatoms. The molecule has 0 bridgehead atoms. The highest BCUT2D eigenvalue weighted by atomic mass is 19.1. The van der Waals surface area contributed by atoms with Crippen molar-refractivity contribution in [2.45, 2.75) is 37.8 Å². The van der Waals surface area contributed by atoms with Crippen molar-refractivity contribution in [3.63, 3.8) is 0 Å². The second-order valence-electron chi connectivity index (χ2n) is 9.13. The smallest absolute Gasteiger partial charge is 0.285 e. The summed E-state index contributed by atoms with van der Waals surface area (Å²) in [4.78, 5) is 29.8. The van der Waals surface area contributed by atoms with Crippen molar-refractivity contribution in [3.05, 3.63) is 55.3 Å². The lowest BCUT2D eigenvalue weighted by molar-refractivity contribution is 0.00507. The van der Waals surface area contributed by atoms with Crippen LogP contribution in [0.2, 0.25) is 0 Å². The number of carbonyl (C=O) groups excluding carboxylic acids is 1. The highest BCUT2D eigenvalue weighted by molar-refractivity contribution is 6.11. The number of hydrogen-bond acceptors (Lipinski definition) is 9. The van der Waals surface area contributed by atoms with Gasteiger partial charge >= 0.3 is 0 Å². The van der Waals surface area contributed by atoms with Crippen LogP contribution in [0.25, 0.3) is 11.4 Å². The van der Waals surface area contributed by atoms with Crippen LogP contribution in [0.5, 0.6) is 0 Å². The van der Waals surface area contributed by atoms with E-state index in [2.05, 4.69) is 30.0 Å². The number of hydrogen-bond donors (Lipinski definition) is 1. The van der Waals surface area contributed by atoms with Gasteiger partial charge in [-0.1, -0.05) is 0 Å². The van der Waals surface area contributed by atoms with Gasteiger partial charge in [-0.3, -0.25) is 34.3 Å². The molecule has 1 aliphatic heterocycles. The van der Waals surface area contributed by atoms with E-state index in [0.717, 1.165) is 58.4 Å². The van der Waals surface area contributed by atoms with Gasteiger partial charge in [-0.2, -0.15) is 14.6 Å². The number of rotatable bonds is 6. The predicted octanol–water partition coefficient (Wildman–Crippen LogP) is 2.98. The summed E-state index contributed by atoms with van der Waals surface area (Å²) in [5.41, 5.74) is 1.17. The number of aromatic nitrogens is 7. The zero-order valence-electron chi connectivity index (χ0n) is 20.0. The van der Waals surface area contributed by atoms with Crippen molar-refractivity contribution in [2.75, 3.05) is 31.2 Å². The molecule has 1 N–H and O–H groups in total. The third-order valence-corrected chi connectivity index (χ3v) is 7.03. The molecule has 0 atom stereocenters. The van der Waals surface area contributed by atoms with Crippen molar-refractivity contribution < 1.29 is 18.3 Å². The van der Waals surface area contributed by atoms with Crippen LogP contribution < -0.4 is 4.90 Å². The van der Waals surface area contributed by atoms with Crippen LogP contribution in [0.1, 0.15) is 42.2 Å². The first-order chi connectivity index (χ1) is 18.2. The molecule has 2 aliphatic rings. The number of amides is 1. The molecule has 1 amide bonds. The van der Waals surface area contributed by atoms with E-state index in [9.17, 15) is 9.18 Å². The summed E-state index contributed by atoms with van der Waals surface area (Å²) in [6, 6.07) is 0.652. The number of nitrogens with zero attached hydrogens (tertiary/aromatic N) is 8. The van der Waals surface area contributed by atoms with Crippen molar-refractivity contribution in [2.24, 2.45) is 0 Å². The number of oxazole rings is 1. The first-order valence-electron chi connectivity index (χ1n) is 12.3. The fourth-order valence-electron chi connectivity index (χ4n) is 5.17. The van der Waals surface area contributed by atoms with Crippen LogP contribution in [0.3, 0.4) is 0 Å². The summed E-state index contributed by atoms with van der Waals surface area (Å²) >= 11 is 0. The fourth-order valence-corrected chi connectivity index (χ4v) is 5.17. The first-order valence-corrected chi connectivity index (χ1v) is 12.3. The maximum Gasteiger partial charge on any atom is 0.285 e. The van der Waals surface area contributed by atoms with Crippen LogP contribution >= 0.6 is 0 Å². The van der Waals surface area contributed by atoms with Gasteiger partial charge in [-0.25, -0.2) is 4.98 Å². The number of anilines is 2. The minimum atomic E-state index is -0.763. The average Bonchev–Trinajstić information content (AvgIpc) is 3.72. The summed E-state index contributed by atoms with van der Waals surface area (Å²) < 4.78 is 27.2. The Bertz CT molecular complexity index is 1330. The summed E-state index contributed by atoms with van der Waals surface area (Å²) in [5.74, 6) is -1.35. The van der Waals surface area contributed by atoms with Gasteiger partial charge in [0.1, 0.15) is 23.3 Å². The molecule has 12 nitrogen and oxygen atoms in total. The largest absolute Gasteiger partial charge is 0.451 e. The zero-order valence-corrected chi connectivity index (χ0v) is 20.0. The van der Waals surface area contributed by atoms with Crippen LogP contribution in [0.4, 0.5) is 15.8 Å². The first kappa shape index (κ1) is 23.4. The summed E-state index contributed by atoms with van der Waals surface area (Å²) in [7, 11) is 0. The Morgan fingerprint density at radius 3 is 2.54 bits per heavy atom. The quantitative estimate of drug-likeness (QED) is 0.418. The number of carbonyl (C=O) groups is 1. The van der Waals surface area contributed by atoms with E-state index in [4.69, 9.17) is 14.3 Å². The van der Waals surface area contributed by atoms with Crippen LogP contribution in [0.15, 0.2) is 48.1 Å². The Kier molecular flexibility index (Phi) is 6.45. The van der Waals surface area contributed by atoms with E-state index in [-0.39, 0.29) is 17.4 Å². The van der Waals surface area contributed by atoms with E-state index >= 15 is 0 Å². The number of halogens is 1. The maximum atomic E-state index is 14.8. The Labute approximate surface area is 211 Å². The molecule has 1 saturated carbocycles. The molecule has 2 fully saturated rings. The van der Waals surface area contributed by atoms with Gasteiger partial charge in [0.25, 0.3) is 5.91 Å². The SMILES string of the molecule is O=C(c1cocn1)N(c1cn(C2CCC(N3CCOCC3)CC2)nc1-c1cnccn1)c1cn[nH]c1F. The molecule has 0 spiro atoms. The number of nitrogens with one attached hydrogen (secondary N) is 1. The second kappa shape index (κ2) is 10.2. The van der Waals surface area contributed by atoms with Crippen LogP contribution in [0, 0.1) is 5.95 Å². The van der Waals surface area contributed by atoms with Gasteiger partial charge in [0, 0.05) is 31.5 Å². The lowest BCUT2D eigenvalue weighted by Gasteiger charge is -2.38. The zero-order chi connectivity index (χ0) is 25.2. The molecular weight excluding hydrogens is 481 g/mol. The topological polar surface area (TPSA) is 131 Å². The molecule has 6 rings (SSSR count). The highest BCUT2D eigenvalue weighted by Crippen LogP contribution is 2.38. The van der Waals surface area contributed by atoms with E-state index in [0.29, 0.717) is 23.1 Å². The van der Waals surface area contributed by atoms with Gasteiger partial charge in [0.05, 0.1) is 43.5 Å². The normalized spacial score (nSPS) is 20.7. The van der Waals surface area contributed by atoms with Crippen LogP contribution in [-0.4, -0.2) is 78.1 Å². The molecular formula is C24H26FN9O3. The van der Waals surface area contributed by atoms with Gasteiger partial charge < -0.3 is 9.15 Å². The Balaban J connectivity index is 1.36. The molecule has 1 aliphatic carbocycles. The fraction of sp³-hybridized carbons (Fsp3) is 0.417. The lowest BCUT2D eigenvalue weighted by atomic mass is 9.90. The molecule has 4 aromatic heterocycles.